The normalized spacial score (nSPS) is 17.4. The van der Waals surface area contributed by atoms with Crippen molar-refractivity contribution in [2.75, 3.05) is 6.54 Å². The van der Waals surface area contributed by atoms with Crippen LogP contribution in [-0.2, 0) is 0 Å². The van der Waals surface area contributed by atoms with Crippen molar-refractivity contribution in [3.05, 3.63) is 34.1 Å². The molecule has 88 valence electrons. The van der Waals surface area contributed by atoms with E-state index in [2.05, 4.69) is 28.2 Å². The number of nitrogens with one attached hydrogen (secondary N) is 1. The van der Waals surface area contributed by atoms with E-state index in [-0.39, 0.29) is 11.9 Å². The summed E-state index contributed by atoms with van der Waals surface area (Å²) in [5.41, 5.74) is 0.803. The molecule has 16 heavy (non-hydrogen) atoms. The average molecular weight is 286 g/mol. The second kappa shape index (κ2) is 5.28. The molecule has 1 atom stereocenters. The van der Waals surface area contributed by atoms with Crippen LogP contribution in [0.4, 0.5) is 4.39 Å². The molecule has 0 radical (unpaired) electrons. The third-order valence-electron chi connectivity index (χ3n) is 3.05. The predicted molar refractivity (Wildman–Crippen MR) is 67.9 cm³/mol. The molecule has 0 amide bonds. The highest BCUT2D eigenvalue weighted by atomic mass is 79.9. The van der Waals surface area contributed by atoms with E-state index in [1.807, 2.05) is 12.1 Å². The van der Waals surface area contributed by atoms with E-state index in [0.717, 1.165) is 28.9 Å². The van der Waals surface area contributed by atoms with Gasteiger partial charge in [0, 0.05) is 16.1 Å². The summed E-state index contributed by atoms with van der Waals surface area (Å²) in [5.74, 6) is 0.688. The first-order valence-corrected chi connectivity index (χ1v) is 6.68. The molecule has 1 aromatic rings. The summed E-state index contributed by atoms with van der Waals surface area (Å²) in [6, 6.07) is 5.52. The molecule has 3 heteroatoms. The van der Waals surface area contributed by atoms with Crippen LogP contribution in [0.3, 0.4) is 0 Å². The van der Waals surface area contributed by atoms with Crippen LogP contribution in [-0.4, -0.2) is 6.54 Å². The molecule has 0 saturated heterocycles. The van der Waals surface area contributed by atoms with E-state index < -0.39 is 0 Å². The number of halogens is 2. The van der Waals surface area contributed by atoms with Gasteiger partial charge in [0.1, 0.15) is 5.82 Å². The van der Waals surface area contributed by atoms with E-state index in [0.29, 0.717) is 0 Å². The quantitative estimate of drug-likeness (QED) is 0.861. The molecule has 1 aliphatic carbocycles. The monoisotopic (exact) mass is 285 g/mol. The van der Waals surface area contributed by atoms with Gasteiger partial charge in [0.25, 0.3) is 0 Å². The van der Waals surface area contributed by atoms with Crippen molar-refractivity contribution in [2.24, 2.45) is 5.92 Å². The van der Waals surface area contributed by atoms with Crippen LogP contribution in [0.15, 0.2) is 22.7 Å². The molecule has 0 aliphatic heterocycles. The minimum absolute atomic E-state index is 0.110. The standard InChI is InChI=1S/C13H17BrFN/c1-2-16-13(7-9-3-4-9)11-6-5-10(14)8-12(11)15/h5-6,8-9,13,16H,2-4,7H2,1H3. The fourth-order valence-electron chi connectivity index (χ4n) is 2.04. The Kier molecular flexibility index (Phi) is 3.98. The zero-order valence-electron chi connectivity index (χ0n) is 9.47. The Morgan fingerprint density at radius 2 is 2.25 bits per heavy atom. The second-order valence-electron chi connectivity index (χ2n) is 4.46. The molecular weight excluding hydrogens is 269 g/mol. The van der Waals surface area contributed by atoms with Gasteiger partial charge in [-0.3, -0.25) is 0 Å². The Labute approximate surface area is 105 Å². The van der Waals surface area contributed by atoms with Gasteiger partial charge in [0.05, 0.1) is 0 Å². The largest absolute Gasteiger partial charge is 0.310 e. The maximum Gasteiger partial charge on any atom is 0.129 e. The van der Waals surface area contributed by atoms with Crippen molar-refractivity contribution in [1.82, 2.24) is 5.32 Å². The van der Waals surface area contributed by atoms with E-state index in [1.165, 1.54) is 12.8 Å². The number of rotatable bonds is 5. The van der Waals surface area contributed by atoms with Gasteiger partial charge in [-0.15, -0.1) is 0 Å². The minimum atomic E-state index is -0.110. The maximum absolute atomic E-state index is 13.8. The lowest BCUT2D eigenvalue weighted by Gasteiger charge is -2.18. The fraction of sp³-hybridized carbons (Fsp3) is 0.538. The van der Waals surface area contributed by atoms with E-state index in [4.69, 9.17) is 0 Å². The summed E-state index contributed by atoms with van der Waals surface area (Å²) < 4.78 is 14.6. The van der Waals surface area contributed by atoms with Crippen LogP contribution in [0, 0.1) is 11.7 Å². The lowest BCUT2D eigenvalue weighted by atomic mass is 10.0. The summed E-state index contributed by atoms with van der Waals surface area (Å²) in [6.07, 6.45) is 3.67. The molecule has 1 aromatic carbocycles. The van der Waals surface area contributed by atoms with Gasteiger partial charge in [0.15, 0.2) is 0 Å². The first-order valence-electron chi connectivity index (χ1n) is 5.89. The molecule has 0 bridgehead atoms. The Morgan fingerprint density at radius 1 is 1.50 bits per heavy atom. The summed E-state index contributed by atoms with van der Waals surface area (Å²) >= 11 is 3.29. The van der Waals surface area contributed by atoms with Gasteiger partial charge in [-0.1, -0.05) is 41.8 Å². The highest BCUT2D eigenvalue weighted by Crippen LogP contribution is 2.38. The highest BCUT2D eigenvalue weighted by Gasteiger charge is 2.27. The molecule has 1 unspecified atom stereocenters. The smallest absolute Gasteiger partial charge is 0.129 e. The van der Waals surface area contributed by atoms with Gasteiger partial charge in [0.2, 0.25) is 0 Å². The SMILES string of the molecule is CCNC(CC1CC1)c1ccc(Br)cc1F. The highest BCUT2D eigenvalue weighted by molar-refractivity contribution is 9.10. The molecular formula is C13H17BrFN. The first-order chi connectivity index (χ1) is 7.70. The number of hydrogen-bond acceptors (Lipinski definition) is 1. The van der Waals surface area contributed by atoms with Crippen molar-refractivity contribution < 1.29 is 4.39 Å². The van der Waals surface area contributed by atoms with Crippen LogP contribution in [0.5, 0.6) is 0 Å². The van der Waals surface area contributed by atoms with Crippen LogP contribution < -0.4 is 5.32 Å². The summed E-state index contributed by atoms with van der Waals surface area (Å²) in [6.45, 7) is 2.95. The van der Waals surface area contributed by atoms with Gasteiger partial charge in [-0.2, -0.15) is 0 Å². The zero-order chi connectivity index (χ0) is 11.5. The maximum atomic E-state index is 13.8. The molecule has 1 N–H and O–H groups in total. The minimum Gasteiger partial charge on any atom is -0.310 e. The topological polar surface area (TPSA) is 12.0 Å². The van der Waals surface area contributed by atoms with Gasteiger partial charge < -0.3 is 5.32 Å². The van der Waals surface area contributed by atoms with E-state index >= 15 is 0 Å². The first kappa shape index (κ1) is 12.1. The zero-order valence-corrected chi connectivity index (χ0v) is 11.1. The third kappa shape index (κ3) is 3.05. The van der Waals surface area contributed by atoms with Crippen LogP contribution in [0.2, 0.25) is 0 Å². The second-order valence-corrected chi connectivity index (χ2v) is 5.37. The molecule has 1 saturated carbocycles. The molecule has 1 fully saturated rings. The Hall–Kier alpha value is -0.410. The van der Waals surface area contributed by atoms with Crippen molar-refractivity contribution in [2.45, 2.75) is 32.2 Å². The van der Waals surface area contributed by atoms with Gasteiger partial charge >= 0.3 is 0 Å². The van der Waals surface area contributed by atoms with Crippen molar-refractivity contribution in [1.29, 1.82) is 0 Å². The molecule has 2 rings (SSSR count). The van der Waals surface area contributed by atoms with Gasteiger partial charge in [-0.25, -0.2) is 4.39 Å². The Morgan fingerprint density at radius 3 is 2.81 bits per heavy atom. The third-order valence-corrected chi connectivity index (χ3v) is 3.55. The van der Waals surface area contributed by atoms with Crippen molar-refractivity contribution in [3.63, 3.8) is 0 Å². The molecule has 0 aromatic heterocycles. The average Bonchev–Trinajstić information content (AvgIpc) is 3.01. The number of hydrogen-bond donors (Lipinski definition) is 1. The summed E-state index contributed by atoms with van der Waals surface area (Å²) in [7, 11) is 0. The number of benzene rings is 1. The lowest BCUT2D eigenvalue weighted by Crippen LogP contribution is -2.22. The molecule has 1 aliphatic rings. The molecule has 1 nitrogen and oxygen atoms in total. The summed E-state index contributed by atoms with van der Waals surface area (Å²) in [4.78, 5) is 0. The van der Waals surface area contributed by atoms with Crippen LogP contribution >= 0.6 is 15.9 Å². The van der Waals surface area contributed by atoms with E-state index in [9.17, 15) is 4.39 Å². The Balaban J connectivity index is 2.15. The van der Waals surface area contributed by atoms with Crippen molar-refractivity contribution in [3.8, 4) is 0 Å². The van der Waals surface area contributed by atoms with E-state index in [1.54, 1.807) is 6.07 Å². The predicted octanol–water partition coefficient (Wildman–Crippen LogP) is 4.04. The van der Waals surface area contributed by atoms with Gasteiger partial charge in [-0.05, 0) is 31.0 Å². The Bertz CT molecular complexity index is 363. The summed E-state index contributed by atoms with van der Waals surface area (Å²) in [5, 5.41) is 3.38. The fourth-order valence-corrected chi connectivity index (χ4v) is 2.37. The molecule has 0 heterocycles. The van der Waals surface area contributed by atoms with Crippen LogP contribution in [0.25, 0.3) is 0 Å². The molecule has 0 spiro atoms. The van der Waals surface area contributed by atoms with Crippen LogP contribution in [0.1, 0.15) is 37.8 Å². The van der Waals surface area contributed by atoms with Crippen molar-refractivity contribution >= 4 is 15.9 Å². The lowest BCUT2D eigenvalue weighted by molar-refractivity contribution is 0.463.